The number of carboxylic acid groups (broad SMARTS) is 1. The number of nitro groups is 2. The fourth-order valence-electron chi connectivity index (χ4n) is 3.75. The van der Waals surface area contributed by atoms with Crippen LogP contribution in [0.1, 0.15) is 25.3 Å². The maximum Gasteiger partial charge on any atom is 0.314 e. The monoisotopic (exact) mass is 398 g/mol. The average Bonchev–Trinajstić information content (AvgIpc) is 3.04. The number of carboxylic acids is 1. The summed E-state index contributed by atoms with van der Waals surface area (Å²) in [6, 6.07) is 12.1. The third-order valence-electron chi connectivity index (χ3n) is 5.39. The number of hydrogen-bond acceptors (Lipinski definition) is 7. The Hall–Kier alpha value is -3.82. The molecule has 1 saturated carbocycles. The quantitative estimate of drug-likeness (QED) is 0.556. The fourth-order valence-corrected chi connectivity index (χ4v) is 3.75. The number of aliphatic carboxylic acids is 1. The van der Waals surface area contributed by atoms with Crippen LogP contribution in [0.3, 0.4) is 0 Å². The Balaban J connectivity index is 1.92. The zero-order chi connectivity index (χ0) is 21.2. The highest BCUT2D eigenvalue weighted by atomic mass is 16.6. The van der Waals surface area contributed by atoms with E-state index in [2.05, 4.69) is 10.5 Å². The summed E-state index contributed by atoms with van der Waals surface area (Å²) in [6.07, 6.45) is 0.743. The van der Waals surface area contributed by atoms with Gasteiger partial charge in [-0.15, -0.1) is 0 Å². The van der Waals surface area contributed by atoms with Crippen molar-refractivity contribution in [2.45, 2.75) is 25.2 Å². The molecule has 150 valence electrons. The number of benzene rings is 2. The SMILES string of the molecule is C[C@@H]1/C(=N\Nc2ccc([N+](=O)[O-])cc2[N+](=O)[O-])CC[C@]1(C(=O)O)c1ccccc1. The molecule has 0 unspecified atom stereocenters. The Bertz CT molecular complexity index is 1010. The fraction of sp³-hybridized carbons (Fsp3) is 0.263. The second-order valence-electron chi connectivity index (χ2n) is 6.79. The van der Waals surface area contributed by atoms with Gasteiger partial charge in [-0.2, -0.15) is 5.10 Å². The van der Waals surface area contributed by atoms with Gasteiger partial charge >= 0.3 is 11.7 Å². The smallest absolute Gasteiger partial charge is 0.314 e. The number of nitro benzene ring substituents is 2. The molecule has 1 fully saturated rings. The van der Waals surface area contributed by atoms with Crippen LogP contribution in [0.15, 0.2) is 53.6 Å². The number of anilines is 1. The maximum atomic E-state index is 12.2. The molecule has 1 aliphatic carbocycles. The molecule has 29 heavy (non-hydrogen) atoms. The second-order valence-corrected chi connectivity index (χ2v) is 6.79. The van der Waals surface area contributed by atoms with Crippen molar-refractivity contribution in [2.75, 3.05) is 5.43 Å². The standard InChI is InChI=1S/C19H18N4O6/c1-12-15(9-10-19(12,18(24)25)13-5-3-2-4-6-13)20-21-16-8-7-14(22(26)27)11-17(16)23(28)29/h2-8,11-12,21H,9-10H2,1H3,(H,24,25)/b20-15-/t12-,19-/m1/s1. The number of hydrazone groups is 1. The van der Waals surface area contributed by atoms with Crippen molar-refractivity contribution in [3.63, 3.8) is 0 Å². The lowest BCUT2D eigenvalue weighted by Crippen LogP contribution is -2.39. The number of carbonyl (C=O) groups is 1. The maximum absolute atomic E-state index is 12.2. The van der Waals surface area contributed by atoms with E-state index in [1.165, 1.54) is 6.07 Å². The Kier molecular flexibility index (Phi) is 5.26. The van der Waals surface area contributed by atoms with Gasteiger partial charge in [0.25, 0.3) is 5.69 Å². The van der Waals surface area contributed by atoms with E-state index in [4.69, 9.17) is 0 Å². The van der Waals surface area contributed by atoms with Crippen LogP contribution in [0.4, 0.5) is 17.1 Å². The highest BCUT2D eigenvalue weighted by Crippen LogP contribution is 2.44. The minimum absolute atomic E-state index is 0.00663. The molecular formula is C19H18N4O6. The Morgan fingerprint density at radius 2 is 1.86 bits per heavy atom. The normalized spacial score (nSPS) is 22.4. The number of hydrogen-bond donors (Lipinski definition) is 2. The van der Waals surface area contributed by atoms with E-state index in [0.717, 1.165) is 12.1 Å². The minimum atomic E-state index is -1.14. The van der Waals surface area contributed by atoms with Crippen molar-refractivity contribution in [3.05, 3.63) is 74.3 Å². The first-order valence-electron chi connectivity index (χ1n) is 8.81. The summed E-state index contributed by atoms with van der Waals surface area (Å²) < 4.78 is 0. The lowest BCUT2D eigenvalue weighted by Gasteiger charge is -2.29. The molecular weight excluding hydrogens is 380 g/mol. The lowest BCUT2D eigenvalue weighted by molar-refractivity contribution is -0.393. The van der Waals surface area contributed by atoms with Gasteiger partial charge in [0.15, 0.2) is 0 Å². The molecule has 0 amide bonds. The first kappa shape index (κ1) is 19.9. The molecule has 0 bridgehead atoms. The molecule has 0 radical (unpaired) electrons. The van der Waals surface area contributed by atoms with Crippen LogP contribution in [0.2, 0.25) is 0 Å². The van der Waals surface area contributed by atoms with Crippen LogP contribution in [-0.4, -0.2) is 26.6 Å². The lowest BCUT2D eigenvalue weighted by atomic mass is 9.73. The zero-order valence-electron chi connectivity index (χ0n) is 15.4. The summed E-state index contributed by atoms with van der Waals surface area (Å²) in [5, 5.41) is 36.3. The topological polar surface area (TPSA) is 148 Å². The van der Waals surface area contributed by atoms with Gasteiger partial charge in [-0.25, -0.2) is 0 Å². The van der Waals surface area contributed by atoms with Crippen molar-refractivity contribution in [3.8, 4) is 0 Å². The van der Waals surface area contributed by atoms with Crippen molar-refractivity contribution in [1.29, 1.82) is 0 Å². The van der Waals surface area contributed by atoms with Crippen LogP contribution in [0, 0.1) is 26.1 Å². The van der Waals surface area contributed by atoms with Crippen molar-refractivity contribution in [2.24, 2.45) is 11.0 Å². The first-order valence-corrected chi connectivity index (χ1v) is 8.81. The van der Waals surface area contributed by atoms with Crippen LogP contribution in [0.5, 0.6) is 0 Å². The van der Waals surface area contributed by atoms with Crippen molar-refractivity contribution >= 4 is 28.7 Å². The average molecular weight is 398 g/mol. The summed E-state index contributed by atoms with van der Waals surface area (Å²) in [4.78, 5) is 32.8. The Labute approximate surface area is 165 Å². The predicted octanol–water partition coefficient (Wildman–Crippen LogP) is 3.72. The Morgan fingerprint density at radius 1 is 1.17 bits per heavy atom. The first-order chi connectivity index (χ1) is 13.8. The van der Waals surface area contributed by atoms with E-state index in [1.807, 2.05) is 6.07 Å². The Morgan fingerprint density at radius 3 is 2.45 bits per heavy atom. The summed E-state index contributed by atoms with van der Waals surface area (Å²) in [6.45, 7) is 1.76. The van der Waals surface area contributed by atoms with Crippen LogP contribution < -0.4 is 5.43 Å². The third-order valence-corrected chi connectivity index (χ3v) is 5.39. The predicted molar refractivity (Wildman–Crippen MR) is 105 cm³/mol. The van der Waals surface area contributed by atoms with E-state index in [9.17, 15) is 30.1 Å². The van der Waals surface area contributed by atoms with Crippen molar-refractivity contribution < 1.29 is 19.7 Å². The van der Waals surface area contributed by atoms with E-state index < -0.39 is 38.5 Å². The number of nitrogens with one attached hydrogen (secondary N) is 1. The summed E-state index contributed by atoms with van der Waals surface area (Å²) in [5.41, 5.74) is 1.79. The molecule has 10 heteroatoms. The van der Waals surface area contributed by atoms with Crippen LogP contribution in [-0.2, 0) is 10.2 Å². The van der Waals surface area contributed by atoms with Gasteiger partial charge in [0.2, 0.25) is 0 Å². The molecule has 0 spiro atoms. The summed E-state index contributed by atoms with van der Waals surface area (Å²) in [5.74, 6) is -1.41. The number of nitrogens with zero attached hydrogens (tertiary/aromatic N) is 3. The molecule has 0 aliphatic heterocycles. The molecule has 3 rings (SSSR count). The van der Waals surface area contributed by atoms with Gasteiger partial charge in [-0.3, -0.25) is 30.4 Å². The van der Waals surface area contributed by atoms with Gasteiger partial charge in [0, 0.05) is 17.7 Å². The van der Waals surface area contributed by atoms with E-state index in [0.29, 0.717) is 24.1 Å². The van der Waals surface area contributed by atoms with Crippen LogP contribution in [0.25, 0.3) is 0 Å². The number of rotatable bonds is 6. The molecule has 0 saturated heterocycles. The number of non-ortho nitro benzene ring substituents is 1. The van der Waals surface area contributed by atoms with Crippen molar-refractivity contribution in [1.82, 2.24) is 0 Å². The minimum Gasteiger partial charge on any atom is -0.481 e. The van der Waals surface area contributed by atoms with Gasteiger partial charge < -0.3 is 5.11 Å². The molecule has 2 aromatic rings. The highest BCUT2D eigenvalue weighted by molar-refractivity contribution is 5.99. The molecule has 2 aromatic carbocycles. The highest BCUT2D eigenvalue weighted by Gasteiger charge is 2.51. The molecule has 2 N–H and O–H groups in total. The molecule has 2 atom stereocenters. The molecule has 0 aromatic heterocycles. The molecule has 1 aliphatic rings. The molecule has 10 nitrogen and oxygen atoms in total. The van der Waals surface area contributed by atoms with Crippen LogP contribution >= 0.6 is 0 Å². The van der Waals surface area contributed by atoms with Gasteiger partial charge in [0.05, 0.1) is 15.9 Å². The summed E-state index contributed by atoms with van der Waals surface area (Å²) >= 11 is 0. The van der Waals surface area contributed by atoms with Gasteiger partial charge in [-0.1, -0.05) is 37.3 Å². The van der Waals surface area contributed by atoms with Gasteiger partial charge in [-0.05, 0) is 24.5 Å². The largest absolute Gasteiger partial charge is 0.481 e. The van der Waals surface area contributed by atoms with E-state index >= 15 is 0 Å². The second kappa shape index (κ2) is 7.66. The van der Waals surface area contributed by atoms with E-state index in [-0.39, 0.29) is 5.69 Å². The van der Waals surface area contributed by atoms with Gasteiger partial charge in [0.1, 0.15) is 11.1 Å². The zero-order valence-corrected chi connectivity index (χ0v) is 15.4. The molecule has 0 heterocycles. The summed E-state index contributed by atoms with van der Waals surface area (Å²) in [7, 11) is 0. The van der Waals surface area contributed by atoms with E-state index in [1.54, 1.807) is 31.2 Å². The third kappa shape index (κ3) is 3.51.